The number of hydrogen-bond donors (Lipinski definition) is 0. The zero-order valence-corrected chi connectivity index (χ0v) is 9.77. The van der Waals surface area contributed by atoms with Gasteiger partial charge in [-0.15, -0.1) is 0 Å². The predicted octanol–water partition coefficient (Wildman–Crippen LogP) is 3.30. The second-order valence-electron chi connectivity index (χ2n) is 5.14. The minimum absolute atomic E-state index is 0.719. The zero-order chi connectivity index (χ0) is 9.90. The van der Waals surface area contributed by atoms with E-state index in [1.54, 1.807) is 0 Å². The molecule has 1 aliphatic rings. The van der Waals surface area contributed by atoms with Crippen LogP contribution in [-0.4, -0.2) is 24.0 Å². The number of rotatable bonds is 6. The summed E-state index contributed by atoms with van der Waals surface area (Å²) in [7, 11) is 0. The van der Waals surface area contributed by atoms with Crippen LogP contribution in [0.1, 0.15) is 53.4 Å². The van der Waals surface area contributed by atoms with Crippen LogP contribution < -0.4 is 0 Å². The van der Waals surface area contributed by atoms with Crippen molar-refractivity contribution in [2.75, 3.05) is 13.1 Å². The molecule has 0 N–H and O–H groups in total. The van der Waals surface area contributed by atoms with Crippen molar-refractivity contribution in [3.05, 3.63) is 0 Å². The van der Waals surface area contributed by atoms with Gasteiger partial charge < -0.3 is 4.90 Å². The van der Waals surface area contributed by atoms with E-state index < -0.39 is 0 Å². The maximum atomic E-state index is 2.56. The highest BCUT2D eigenvalue weighted by Crippen LogP contribution is 2.48. The molecule has 1 aliphatic carbocycles. The van der Waals surface area contributed by atoms with Gasteiger partial charge in [0.15, 0.2) is 0 Å². The Morgan fingerprint density at radius 3 is 2.31 bits per heavy atom. The van der Waals surface area contributed by atoms with E-state index in [2.05, 4.69) is 32.6 Å². The van der Waals surface area contributed by atoms with Gasteiger partial charge in [-0.1, -0.05) is 13.8 Å². The summed E-state index contributed by atoms with van der Waals surface area (Å²) < 4.78 is 0. The van der Waals surface area contributed by atoms with Crippen molar-refractivity contribution < 1.29 is 0 Å². The predicted molar refractivity (Wildman–Crippen MR) is 59.0 cm³/mol. The Balaban J connectivity index is 2.09. The normalized spacial score (nSPS) is 19.8. The number of hydrogen-bond acceptors (Lipinski definition) is 1. The van der Waals surface area contributed by atoms with Gasteiger partial charge in [0.05, 0.1) is 0 Å². The molecule has 0 aromatic rings. The van der Waals surface area contributed by atoms with Crippen molar-refractivity contribution in [1.29, 1.82) is 0 Å². The first-order valence-electron chi connectivity index (χ1n) is 5.81. The van der Waals surface area contributed by atoms with Gasteiger partial charge in [0.2, 0.25) is 0 Å². The summed E-state index contributed by atoms with van der Waals surface area (Å²) in [5, 5.41) is 0. The minimum Gasteiger partial charge on any atom is -0.301 e. The topological polar surface area (TPSA) is 3.24 Å². The summed E-state index contributed by atoms with van der Waals surface area (Å²) in [6.45, 7) is 11.8. The smallest absolute Gasteiger partial charge is 0.00384 e. The molecule has 1 rings (SSSR count). The van der Waals surface area contributed by atoms with E-state index in [0.29, 0.717) is 0 Å². The lowest BCUT2D eigenvalue weighted by molar-refractivity contribution is 0.223. The molecule has 0 aliphatic heterocycles. The summed E-state index contributed by atoms with van der Waals surface area (Å²) in [5.41, 5.74) is 0.746. The monoisotopic (exact) mass is 183 g/mol. The van der Waals surface area contributed by atoms with Gasteiger partial charge >= 0.3 is 0 Å². The van der Waals surface area contributed by atoms with Gasteiger partial charge in [-0.05, 0) is 58.0 Å². The average Bonchev–Trinajstić information content (AvgIpc) is 2.77. The summed E-state index contributed by atoms with van der Waals surface area (Å²) in [6.07, 6.45) is 5.78. The molecule has 0 aromatic carbocycles. The van der Waals surface area contributed by atoms with Crippen LogP contribution >= 0.6 is 0 Å². The summed E-state index contributed by atoms with van der Waals surface area (Å²) in [5.74, 6) is 0. The summed E-state index contributed by atoms with van der Waals surface area (Å²) >= 11 is 0. The van der Waals surface area contributed by atoms with E-state index in [1.165, 1.54) is 38.8 Å². The van der Waals surface area contributed by atoms with E-state index in [4.69, 9.17) is 0 Å². The molecule has 1 saturated carbocycles. The van der Waals surface area contributed by atoms with Crippen LogP contribution in [0.15, 0.2) is 0 Å². The Labute approximate surface area is 83.5 Å². The van der Waals surface area contributed by atoms with Crippen molar-refractivity contribution in [3.8, 4) is 0 Å². The van der Waals surface area contributed by atoms with E-state index in [0.717, 1.165) is 11.5 Å². The van der Waals surface area contributed by atoms with Crippen molar-refractivity contribution in [2.24, 2.45) is 5.41 Å². The van der Waals surface area contributed by atoms with Gasteiger partial charge in [-0.3, -0.25) is 0 Å². The Morgan fingerprint density at radius 2 is 1.92 bits per heavy atom. The van der Waals surface area contributed by atoms with E-state index in [1.807, 2.05) is 0 Å². The molecule has 1 heteroatoms. The fourth-order valence-electron chi connectivity index (χ4n) is 1.95. The second kappa shape index (κ2) is 4.45. The fourth-order valence-corrected chi connectivity index (χ4v) is 1.95. The van der Waals surface area contributed by atoms with E-state index in [-0.39, 0.29) is 0 Å². The molecule has 0 atom stereocenters. The van der Waals surface area contributed by atoms with Gasteiger partial charge in [0, 0.05) is 6.04 Å². The molecule has 0 saturated heterocycles. The lowest BCUT2D eigenvalue weighted by Gasteiger charge is -2.25. The third kappa shape index (κ3) is 3.68. The Morgan fingerprint density at radius 1 is 1.31 bits per heavy atom. The molecule has 78 valence electrons. The molecular formula is C12H25N. The molecule has 13 heavy (non-hydrogen) atoms. The standard InChI is InChI=1S/C12H25N/c1-5-13(11(2)3)10-6-7-12(4)8-9-12/h11H,5-10H2,1-4H3. The average molecular weight is 183 g/mol. The first-order valence-corrected chi connectivity index (χ1v) is 5.81. The van der Waals surface area contributed by atoms with Crippen molar-refractivity contribution in [1.82, 2.24) is 4.90 Å². The van der Waals surface area contributed by atoms with Gasteiger partial charge in [0.25, 0.3) is 0 Å². The second-order valence-corrected chi connectivity index (χ2v) is 5.14. The highest BCUT2D eigenvalue weighted by atomic mass is 15.1. The Kier molecular flexibility index (Phi) is 3.78. The largest absolute Gasteiger partial charge is 0.301 e. The lowest BCUT2D eigenvalue weighted by atomic mass is 10.0. The Hall–Kier alpha value is -0.0400. The first-order chi connectivity index (χ1) is 6.07. The maximum absolute atomic E-state index is 2.56. The zero-order valence-electron chi connectivity index (χ0n) is 9.77. The van der Waals surface area contributed by atoms with Crippen molar-refractivity contribution in [3.63, 3.8) is 0 Å². The van der Waals surface area contributed by atoms with Gasteiger partial charge in [-0.25, -0.2) is 0 Å². The molecule has 0 heterocycles. The molecule has 0 bridgehead atoms. The molecule has 1 fully saturated rings. The molecule has 0 aromatic heterocycles. The summed E-state index contributed by atoms with van der Waals surface area (Å²) in [6, 6.07) is 0.719. The molecule has 0 amide bonds. The van der Waals surface area contributed by atoms with E-state index >= 15 is 0 Å². The Bertz CT molecular complexity index is 147. The quantitative estimate of drug-likeness (QED) is 0.611. The number of nitrogens with zero attached hydrogens (tertiary/aromatic N) is 1. The first kappa shape index (κ1) is 11.0. The lowest BCUT2D eigenvalue weighted by Crippen LogP contribution is -2.31. The molecule has 0 radical (unpaired) electrons. The molecule has 0 unspecified atom stereocenters. The molecule has 1 nitrogen and oxygen atoms in total. The maximum Gasteiger partial charge on any atom is 0.00384 e. The van der Waals surface area contributed by atoms with Crippen LogP contribution in [0.2, 0.25) is 0 Å². The third-order valence-corrected chi connectivity index (χ3v) is 3.47. The van der Waals surface area contributed by atoms with Crippen LogP contribution in [0.3, 0.4) is 0 Å². The minimum atomic E-state index is 0.719. The molecular weight excluding hydrogens is 158 g/mol. The van der Waals surface area contributed by atoms with Crippen molar-refractivity contribution >= 4 is 0 Å². The van der Waals surface area contributed by atoms with Crippen molar-refractivity contribution in [2.45, 2.75) is 59.4 Å². The van der Waals surface area contributed by atoms with Crippen LogP contribution in [0.4, 0.5) is 0 Å². The highest BCUT2D eigenvalue weighted by Gasteiger charge is 2.36. The van der Waals surface area contributed by atoms with Gasteiger partial charge in [-0.2, -0.15) is 0 Å². The molecule has 0 spiro atoms. The summed E-state index contributed by atoms with van der Waals surface area (Å²) in [4.78, 5) is 2.56. The third-order valence-electron chi connectivity index (χ3n) is 3.47. The van der Waals surface area contributed by atoms with Crippen LogP contribution in [0, 0.1) is 5.41 Å². The SMILES string of the molecule is CCN(CCCC1(C)CC1)C(C)C. The fraction of sp³-hybridized carbons (Fsp3) is 1.00. The van der Waals surface area contributed by atoms with E-state index in [9.17, 15) is 0 Å². The highest BCUT2D eigenvalue weighted by molar-refractivity contribution is 4.88. The van der Waals surface area contributed by atoms with Gasteiger partial charge in [0.1, 0.15) is 0 Å². The van der Waals surface area contributed by atoms with Crippen LogP contribution in [-0.2, 0) is 0 Å². The van der Waals surface area contributed by atoms with Crippen LogP contribution in [0.5, 0.6) is 0 Å². The van der Waals surface area contributed by atoms with Crippen LogP contribution in [0.25, 0.3) is 0 Å².